The summed E-state index contributed by atoms with van der Waals surface area (Å²) in [5.41, 5.74) is 0.954. The second kappa shape index (κ2) is 5.43. The van der Waals surface area contributed by atoms with E-state index in [1.165, 1.54) is 19.3 Å². The summed E-state index contributed by atoms with van der Waals surface area (Å²) in [4.78, 5) is 8.64. The number of nitrogens with zero attached hydrogens (tertiary/aromatic N) is 2. The van der Waals surface area contributed by atoms with E-state index in [0.29, 0.717) is 11.2 Å². The Hall–Kier alpha value is -0.830. The molecule has 2 rings (SSSR count). The highest BCUT2D eigenvalue weighted by atomic mass is 35.5. The molecular weight excluding hydrogens is 246 g/mol. The Kier molecular flexibility index (Phi) is 4.10. The van der Waals surface area contributed by atoms with E-state index in [9.17, 15) is 0 Å². The number of hydrogen-bond acceptors (Lipinski definition) is 3. The van der Waals surface area contributed by atoms with Crippen molar-refractivity contribution in [1.29, 1.82) is 0 Å². The number of aryl methyl sites for hydroxylation is 1. The molecule has 0 bridgehead atoms. The average molecular weight is 268 g/mol. The van der Waals surface area contributed by atoms with Gasteiger partial charge < -0.3 is 5.32 Å². The van der Waals surface area contributed by atoms with Crippen LogP contribution in [0.1, 0.15) is 44.5 Å². The number of nitrogens with one attached hydrogen (secondary N) is 1. The van der Waals surface area contributed by atoms with Gasteiger partial charge in [-0.15, -0.1) is 0 Å². The zero-order valence-corrected chi connectivity index (χ0v) is 12.4. The number of halogens is 1. The van der Waals surface area contributed by atoms with Gasteiger partial charge in [-0.3, -0.25) is 0 Å². The fourth-order valence-corrected chi connectivity index (χ4v) is 3.16. The van der Waals surface area contributed by atoms with Crippen molar-refractivity contribution < 1.29 is 0 Å². The third kappa shape index (κ3) is 2.77. The summed E-state index contributed by atoms with van der Waals surface area (Å²) in [6, 6.07) is 0.522. The molecule has 4 heteroatoms. The average Bonchev–Trinajstić information content (AvgIpc) is 2.65. The van der Waals surface area contributed by atoms with Gasteiger partial charge in [-0.05, 0) is 38.5 Å². The molecule has 0 unspecified atom stereocenters. The molecule has 1 aromatic rings. The van der Waals surface area contributed by atoms with Gasteiger partial charge in [-0.2, -0.15) is 0 Å². The van der Waals surface area contributed by atoms with Gasteiger partial charge >= 0.3 is 0 Å². The maximum atomic E-state index is 6.10. The molecule has 0 aliphatic heterocycles. The fourth-order valence-electron chi connectivity index (χ4n) is 2.95. The van der Waals surface area contributed by atoms with E-state index in [1.54, 1.807) is 0 Å². The van der Waals surface area contributed by atoms with Gasteiger partial charge in [0.2, 0.25) is 0 Å². The molecule has 0 saturated heterocycles. The van der Waals surface area contributed by atoms with Gasteiger partial charge in [0.1, 0.15) is 16.8 Å². The highest BCUT2D eigenvalue weighted by Gasteiger charge is 2.30. The molecule has 1 N–H and O–H groups in total. The van der Waals surface area contributed by atoms with Crippen LogP contribution in [0, 0.1) is 25.7 Å². The summed E-state index contributed by atoms with van der Waals surface area (Å²) in [5, 5.41) is 4.11. The summed E-state index contributed by atoms with van der Waals surface area (Å²) in [7, 11) is 0. The van der Waals surface area contributed by atoms with Gasteiger partial charge in [0.15, 0.2) is 0 Å². The molecule has 18 heavy (non-hydrogen) atoms. The smallest absolute Gasteiger partial charge is 0.137 e. The zero-order valence-electron chi connectivity index (χ0n) is 11.6. The van der Waals surface area contributed by atoms with E-state index in [0.717, 1.165) is 29.0 Å². The monoisotopic (exact) mass is 267 g/mol. The summed E-state index contributed by atoms with van der Waals surface area (Å²) in [5.74, 6) is 3.26. The molecule has 100 valence electrons. The van der Waals surface area contributed by atoms with Crippen LogP contribution in [-0.4, -0.2) is 16.0 Å². The van der Waals surface area contributed by atoms with Crippen LogP contribution in [0.3, 0.4) is 0 Å². The fraction of sp³-hybridized carbons (Fsp3) is 0.714. The molecule has 1 aromatic heterocycles. The minimum Gasteiger partial charge on any atom is -0.367 e. The van der Waals surface area contributed by atoms with E-state index in [2.05, 4.69) is 29.1 Å². The lowest BCUT2D eigenvalue weighted by Gasteiger charge is -2.16. The molecule has 0 aromatic carbocycles. The summed E-state index contributed by atoms with van der Waals surface area (Å²) in [6.45, 7) is 8.48. The molecule has 1 aliphatic carbocycles. The van der Waals surface area contributed by atoms with Crippen LogP contribution in [0.2, 0.25) is 5.15 Å². The normalized spacial score (nSPS) is 27.5. The van der Waals surface area contributed by atoms with Crippen molar-refractivity contribution in [2.75, 3.05) is 5.32 Å². The van der Waals surface area contributed by atoms with E-state index in [1.807, 2.05) is 13.8 Å². The lowest BCUT2D eigenvalue weighted by molar-refractivity contribution is 0.407. The van der Waals surface area contributed by atoms with Crippen molar-refractivity contribution in [2.45, 2.75) is 53.0 Å². The van der Waals surface area contributed by atoms with E-state index >= 15 is 0 Å². The lowest BCUT2D eigenvalue weighted by atomic mass is 9.96. The second-order valence-electron chi connectivity index (χ2n) is 5.49. The van der Waals surface area contributed by atoms with Crippen LogP contribution < -0.4 is 5.32 Å². The van der Waals surface area contributed by atoms with Crippen molar-refractivity contribution in [3.63, 3.8) is 0 Å². The molecule has 0 radical (unpaired) electrons. The van der Waals surface area contributed by atoms with Crippen LogP contribution in [0.5, 0.6) is 0 Å². The van der Waals surface area contributed by atoms with Crippen molar-refractivity contribution in [3.8, 4) is 0 Å². The highest BCUT2D eigenvalue weighted by molar-refractivity contribution is 6.30. The topological polar surface area (TPSA) is 37.8 Å². The van der Waals surface area contributed by atoms with Crippen molar-refractivity contribution in [1.82, 2.24) is 9.97 Å². The Bertz CT molecular complexity index is 433. The Morgan fingerprint density at radius 3 is 2.61 bits per heavy atom. The summed E-state index contributed by atoms with van der Waals surface area (Å²) < 4.78 is 0. The lowest BCUT2D eigenvalue weighted by Crippen LogP contribution is -2.18. The predicted octanol–water partition coefficient (Wildman–Crippen LogP) is 3.98. The molecule has 0 amide bonds. The van der Waals surface area contributed by atoms with Gasteiger partial charge in [-0.25, -0.2) is 9.97 Å². The number of aromatic nitrogens is 2. The van der Waals surface area contributed by atoms with Crippen molar-refractivity contribution in [3.05, 3.63) is 16.5 Å². The standard InChI is InChI=1S/C14H22ClN3/c1-5-11-7-12(6-8(11)2)18-14-9(3)13(15)16-10(4)17-14/h8,11-12H,5-7H2,1-4H3,(H,16,17,18)/t8-,11+,12-/m0/s1. The minimum atomic E-state index is 0.522. The van der Waals surface area contributed by atoms with Crippen LogP contribution >= 0.6 is 11.6 Å². The van der Waals surface area contributed by atoms with Gasteiger partial charge in [0.25, 0.3) is 0 Å². The highest BCUT2D eigenvalue weighted by Crippen LogP contribution is 2.35. The number of hydrogen-bond donors (Lipinski definition) is 1. The van der Waals surface area contributed by atoms with Crippen LogP contribution in [0.4, 0.5) is 5.82 Å². The first-order valence-corrected chi connectivity index (χ1v) is 7.16. The summed E-state index contributed by atoms with van der Waals surface area (Å²) in [6.07, 6.45) is 3.72. The Morgan fingerprint density at radius 1 is 1.28 bits per heavy atom. The van der Waals surface area contributed by atoms with Gasteiger partial charge in [0, 0.05) is 11.6 Å². The molecule has 1 aliphatic rings. The maximum Gasteiger partial charge on any atom is 0.137 e. The third-order valence-corrected chi connectivity index (χ3v) is 4.48. The molecule has 1 fully saturated rings. The molecule has 0 spiro atoms. The molecular formula is C14H22ClN3. The minimum absolute atomic E-state index is 0.522. The Morgan fingerprint density at radius 2 is 2.00 bits per heavy atom. The zero-order chi connectivity index (χ0) is 13.3. The van der Waals surface area contributed by atoms with E-state index in [-0.39, 0.29) is 0 Å². The van der Waals surface area contributed by atoms with Gasteiger partial charge in [0.05, 0.1) is 0 Å². The first kappa shape index (κ1) is 13.6. The first-order chi connectivity index (χ1) is 8.51. The first-order valence-electron chi connectivity index (χ1n) is 6.78. The molecule has 1 heterocycles. The molecule has 3 nitrogen and oxygen atoms in total. The van der Waals surface area contributed by atoms with Crippen molar-refractivity contribution >= 4 is 17.4 Å². The van der Waals surface area contributed by atoms with Crippen molar-refractivity contribution in [2.24, 2.45) is 11.8 Å². The number of rotatable bonds is 3. The maximum absolute atomic E-state index is 6.10. The summed E-state index contributed by atoms with van der Waals surface area (Å²) >= 11 is 6.10. The van der Waals surface area contributed by atoms with Crippen LogP contribution in [-0.2, 0) is 0 Å². The number of anilines is 1. The molecule has 1 saturated carbocycles. The van der Waals surface area contributed by atoms with Crippen LogP contribution in [0.25, 0.3) is 0 Å². The Labute approximate surface area is 114 Å². The van der Waals surface area contributed by atoms with E-state index < -0.39 is 0 Å². The third-order valence-electron chi connectivity index (χ3n) is 4.11. The van der Waals surface area contributed by atoms with E-state index in [4.69, 9.17) is 11.6 Å². The predicted molar refractivity (Wildman–Crippen MR) is 76.1 cm³/mol. The second-order valence-corrected chi connectivity index (χ2v) is 5.85. The van der Waals surface area contributed by atoms with Gasteiger partial charge in [-0.1, -0.05) is 31.9 Å². The Balaban J connectivity index is 2.11. The SMILES string of the molecule is CC[C@@H]1C[C@@H](Nc2nc(C)nc(Cl)c2C)C[C@@H]1C. The quantitative estimate of drug-likeness (QED) is 0.842. The van der Waals surface area contributed by atoms with Crippen LogP contribution in [0.15, 0.2) is 0 Å². The molecule has 3 atom stereocenters. The largest absolute Gasteiger partial charge is 0.367 e.